The molecule has 0 radical (unpaired) electrons. The molecule has 0 aliphatic rings. The Morgan fingerprint density at radius 2 is 1.80 bits per heavy atom. The molecule has 0 saturated heterocycles. The van der Waals surface area contributed by atoms with E-state index in [2.05, 4.69) is 21.0 Å². The highest BCUT2D eigenvalue weighted by molar-refractivity contribution is 7.53. The van der Waals surface area contributed by atoms with E-state index in [1.54, 1.807) is 0 Å². The average Bonchev–Trinajstić information content (AvgIpc) is 2.00. The van der Waals surface area contributed by atoms with Gasteiger partial charge in [-0.25, -0.2) is 21.0 Å². The Bertz CT molecular complexity index is 122. The van der Waals surface area contributed by atoms with Gasteiger partial charge in [-0.2, -0.15) is 0 Å². The van der Waals surface area contributed by atoms with Gasteiger partial charge >= 0.3 is 7.60 Å². The van der Waals surface area contributed by atoms with Crippen molar-refractivity contribution < 1.29 is 13.8 Å². The van der Waals surface area contributed by atoms with Crippen molar-refractivity contribution in [2.75, 3.05) is 12.7 Å². The molecule has 6 nitrogen and oxygen atoms in total. The second kappa shape index (κ2) is 4.79. The molecular weight excluding hydrogens is 157 g/mol. The van der Waals surface area contributed by atoms with E-state index in [1.807, 2.05) is 0 Å². The molecule has 0 aromatic heterocycles. The molecule has 0 spiro atoms. The zero-order chi connectivity index (χ0) is 8.04. The highest BCUT2D eigenvalue weighted by atomic mass is 31.2. The van der Waals surface area contributed by atoms with Crippen LogP contribution in [-0.4, -0.2) is 12.7 Å². The van der Waals surface area contributed by atoms with Crippen LogP contribution in [-0.2, 0) is 13.8 Å². The highest BCUT2D eigenvalue weighted by Crippen LogP contribution is 2.44. The predicted molar refractivity (Wildman–Crippen MR) is 36.7 cm³/mol. The molecule has 0 amide bonds. The summed E-state index contributed by atoms with van der Waals surface area (Å²) in [5, 5.41) is 0. The Labute approximate surface area is 59.1 Å². The number of nitrogens with two attached hydrogens (primary N) is 3. The Kier molecular flexibility index (Phi) is 4.80. The first-order valence-corrected chi connectivity index (χ1v) is 4.47. The SMILES string of the molecule is NCCCP(=O)(ON)ON. The molecule has 0 aromatic rings. The molecule has 0 aromatic carbocycles. The first kappa shape index (κ1) is 10.0. The first-order valence-electron chi connectivity index (χ1n) is 2.74. The van der Waals surface area contributed by atoms with Gasteiger partial charge in [0.05, 0.1) is 6.16 Å². The van der Waals surface area contributed by atoms with E-state index in [1.165, 1.54) is 0 Å². The monoisotopic (exact) mass is 169 g/mol. The minimum absolute atomic E-state index is 0.149. The van der Waals surface area contributed by atoms with E-state index in [0.29, 0.717) is 13.0 Å². The molecule has 0 fully saturated rings. The van der Waals surface area contributed by atoms with Crippen LogP contribution < -0.4 is 17.5 Å². The average molecular weight is 169 g/mol. The molecule has 10 heavy (non-hydrogen) atoms. The largest absolute Gasteiger partial charge is 0.362 e. The van der Waals surface area contributed by atoms with Crippen molar-refractivity contribution in [3.63, 3.8) is 0 Å². The zero-order valence-electron chi connectivity index (χ0n) is 5.53. The van der Waals surface area contributed by atoms with Crippen LogP contribution >= 0.6 is 7.60 Å². The molecule has 0 bridgehead atoms. The summed E-state index contributed by atoms with van der Waals surface area (Å²) in [6.07, 6.45) is 0.655. The second-order valence-electron chi connectivity index (χ2n) is 1.69. The normalized spacial score (nSPS) is 11.9. The van der Waals surface area contributed by atoms with Crippen LogP contribution in [0, 0.1) is 0 Å². The van der Waals surface area contributed by atoms with E-state index < -0.39 is 7.60 Å². The summed E-state index contributed by atoms with van der Waals surface area (Å²) in [5.74, 6) is 9.30. The topological polar surface area (TPSA) is 114 Å². The molecule has 0 aliphatic carbocycles. The lowest BCUT2D eigenvalue weighted by atomic mass is 10.5. The summed E-state index contributed by atoms with van der Waals surface area (Å²) in [6.45, 7) is 0.400. The van der Waals surface area contributed by atoms with Gasteiger partial charge in [0.15, 0.2) is 0 Å². The fraction of sp³-hybridized carbons (Fsp3) is 1.00. The van der Waals surface area contributed by atoms with Crippen LogP contribution in [0.15, 0.2) is 0 Å². The van der Waals surface area contributed by atoms with Gasteiger partial charge < -0.3 is 5.73 Å². The van der Waals surface area contributed by atoms with Crippen molar-refractivity contribution in [3.05, 3.63) is 0 Å². The smallest absolute Gasteiger partial charge is 0.330 e. The minimum atomic E-state index is -3.22. The number of hydrogen-bond donors (Lipinski definition) is 3. The van der Waals surface area contributed by atoms with Crippen LogP contribution in [0.2, 0.25) is 0 Å². The highest BCUT2D eigenvalue weighted by Gasteiger charge is 2.21. The van der Waals surface area contributed by atoms with E-state index in [9.17, 15) is 4.57 Å². The lowest BCUT2D eigenvalue weighted by Gasteiger charge is -2.09. The van der Waals surface area contributed by atoms with Crippen molar-refractivity contribution in [1.82, 2.24) is 0 Å². The third kappa shape index (κ3) is 3.26. The number of hydrogen-bond acceptors (Lipinski definition) is 6. The van der Waals surface area contributed by atoms with Gasteiger partial charge in [-0.15, -0.1) is 0 Å². The Balaban J connectivity index is 3.70. The first-order chi connectivity index (χ1) is 4.68. The molecule has 62 valence electrons. The van der Waals surface area contributed by atoms with Crippen LogP contribution in [0.25, 0.3) is 0 Å². The zero-order valence-corrected chi connectivity index (χ0v) is 6.42. The van der Waals surface area contributed by atoms with E-state index >= 15 is 0 Å². The van der Waals surface area contributed by atoms with Gasteiger partial charge in [-0.1, -0.05) is 0 Å². The Morgan fingerprint density at radius 3 is 2.10 bits per heavy atom. The maximum Gasteiger partial charge on any atom is 0.362 e. The van der Waals surface area contributed by atoms with Gasteiger partial charge in [-0.3, -0.25) is 4.57 Å². The van der Waals surface area contributed by atoms with Crippen LogP contribution in [0.5, 0.6) is 0 Å². The summed E-state index contributed by atoms with van der Waals surface area (Å²) in [6, 6.07) is 0. The van der Waals surface area contributed by atoms with Gasteiger partial charge in [-0.05, 0) is 13.0 Å². The molecule has 0 saturated carbocycles. The van der Waals surface area contributed by atoms with E-state index in [4.69, 9.17) is 5.73 Å². The Morgan fingerprint density at radius 1 is 1.30 bits per heavy atom. The summed E-state index contributed by atoms with van der Waals surface area (Å²) in [7, 11) is -3.22. The van der Waals surface area contributed by atoms with Crippen molar-refractivity contribution in [2.45, 2.75) is 6.42 Å². The van der Waals surface area contributed by atoms with Crippen molar-refractivity contribution >= 4 is 7.60 Å². The van der Waals surface area contributed by atoms with Gasteiger partial charge in [0.1, 0.15) is 0 Å². The molecule has 7 heteroatoms. The molecule has 0 heterocycles. The van der Waals surface area contributed by atoms with Gasteiger partial charge in [0.2, 0.25) is 0 Å². The Hall–Kier alpha value is 0.0300. The van der Waals surface area contributed by atoms with Crippen LogP contribution in [0.3, 0.4) is 0 Å². The maximum atomic E-state index is 11.0. The summed E-state index contributed by atoms with van der Waals surface area (Å²) in [5.41, 5.74) is 5.13. The lowest BCUT2D eigenvalue weighted by Crippen LogP contribution is -2.10. The molecule has 6 N–H and O–H groups in total. The summed E-state index contributed by atoms with van der Waals surface area (Å²) < 4.78 is 19.0. The maximum absolute atomic E-state index is 11.0. The number of rotatable bonds is 5. The minimum Gasteiger partial charge on any atom is -0.330 e. The summed E-state index contributed by atoms with van der Waals surface area (Å²) >= 11 is 0. The standard InChI is InChI=1S/C3H12N3O3P/c4-2-1-3-10(7,8-5)9-6/h1-6H2. The molecule has 0 rings (SSSR count). The van der Waals surface area contributed by atoms with Crippen LogP contribution in [0.4, 0.5) is 0 Å². The summed E-state index contributed by atoms with van der Waals surface area (Å²) in [4.78, 5) is 0. The fourth-order valence-electron chi connectivity index (χ4n) is 0.415. The molecule has 0 unspecified atom stereocenters. The van der Waals surface area contributed by atoms with Crippen molar-refractivity contribution in [3.8, 4) is 0 Å². The van der Waals surface area contributed by atoms with Gasteiger partial charge in [0, 0.05) is 0 Å². The van der Waals surface area contributed by atoms with Gasteiger partial charge in [0.25, 0.3) is 0 Å². The molecule has 0 aliphatic heterocycles. The fourth-order valence-corrected chi connectivity index (χ4v) is 1.25. The predicted octanol–water partition coefficient (Wildman–Crippen LogP) is -0.691. The quantitative estimate of drug-likeness (QED) is 0.370. The van der Waals surface area contributed by atoms with Crippen LogP contribution in [0.1, 0.15) is 6.42 Å². The van der Waals surface area contributed by atoms with Crippen molar-refractivity contribution in [2.24, 2.45) is 17.5 Å². The van der Waals surface area contributed by atoms with E-state index in [-0.39, 0.29) is 6.16 Å². The second-order valence-corrected chi connectivity index (χ2v) is 3.78. The molecular formula is C3H12N3O3P. The van der Waals surface area contributed by atoms with E-state index in [0.717, 1.165) is 0 Å². The van der Waals surface area contributed by atoms with Crippen molar-refractivity contribution in [1.29, 1.82) is 0 Å². The molecule has 0 atom stereocenters. The third-order valence-corrected chi connectivity index (χ3v) is 2.46. The lowest BCUT2D eigenvalue weighted by molar-refractivity contribution is 0.211. The third-order valence-electron chi connectivity index (χ3n) is 0.957.